The molecule has 0 saturated heterocycles. The Kier molecular flexibility index (Phi) is 9.79. The largest absolute Gasteiger partial charge is 0.508 e. The molecular weight excluding hydrogens is 418 g/mol. The summed E-state index contributed by atoms with van der Waals surface area (Å²) < 4.78 is 22.4. The van der Waals surface area contributed by atoms with E-state index in [2.05, 4.69) is 10.3 Å². The predicted octanol–water partition coefficient (Wildman–Crippen LogP) is 1.96. The molecule has 1 aliphatic heterocycles. The summed E-state index contributed by atoms with van der Waals surface area (Å²) in [4.78, 5) is 15.2. The number of hydrogen-bond donors (Lipinski definition) is 2. The summed E-state index contributed by atoms with van der Waals surface area (Å²) in [5.41, 5.74) is 2.67. The number of non-ortho nitro benzene ring substituents is 1. The zero-order valence-corrected chi connectivity index (χ0v) is 18.0. The van der Waals surface area contributed by atoms with Crippen molar-refractivity contribution in [2.24, 2.45) is 0 Å². The molecule has 174 valence electrons. The molecule has 32 heavy (non-hydrogen) atoms. The van der Waals surface area contributed by atoms with Gasteiger partial charge in [-0.3, -0.25) is 15.1 Å². The standard InChI is InChI=1S/C22H29N3O7/c26-22-2-1-21(25(27)28)14-18(22)11-17-12-19-15-31-9-7-29-5-3-23-4-6-30-8-10-32-16-20(13-17)24-19/h1-2,12-14,23,26H,3-11,15-16H2. The topological polar surface area (TPSA) is 125 Å². The number of hydrogen-bond acceptors (Lipinski definition) is 9. The van der Waals surface area contributed by atoms with Crippen molar-refractivity contribution in [3.63, 3.8) is 0 Å². The molecule has 0 unspecified atom stereocenters. The molecule has 2 aromatic rings. The summed E-state index contributed by atoms with van der Waals surface area (Å²) in [5, 5.41) is 24.5. The second kappa shape index (κ2) is 13.0. The van der Waals surface area contributed by atoms with Gasteiger partial charge in [0.15, 0.2) is 0 Å². The molecule has 1 aromatic carbocycles. The minimum absolute atomic E-state index is 0.00763. The number of nitrogens with zero attached hydrogens (tertiary/aromatic N) is 2. The number of phenolic OH excluding ortho intramolecular Hbond substituents is 1. The van der Waals surface area contributed by atoms with Crippen LogP contribution in [0.25, 0.3) is 0 Å². The quantitative estimate of drug-likeness (QED) is 0.536. The Balaban J connectivity index is 1.72. The van der Waals surface area contributed by atoms with Crippen molar-refractivity contribution < 1.29 is 29.0 Å². The molecule has 0 saturated carbocycles. The van der Waals surface area contributed by atoms with Crippen molar-refractivity contribution >= 4 is 5.69 Å². The van der Waals surface area contributed by atoms with Gasteiger partial charge in [0, 0.05) is 37.2 Å². The Labute approximate surface area is 186 Å². The zero-order valence-electron chi connectivity index (χ0n) is 18.0. The van der Waals surface area contributed by atoms with E-state index >= 15 is 0 Å². The predicted molar refractivity (Wildman–Crippen MR) is 116 cm³/mol. The van der Waals surface area contributed by atoms with Crippen LogP contribution in [0, 0.1) is 10.1 Å². The van der Waals surface area contributed by atoms with Gasteiger partial charge < -0.3 is 29.4 Å². The summed E-state index contributed by atoms with van der Waals surface area (Å²) in [5.74, 6) is 0.00763. The number of aromatic nitrogens is 1. The summed E-state index contributed by atoms with van der Waals surface area (Å²) in [6, 6.07) is 7.74. The van der Waals surface area contributed by atoms with Gasteiger partial charge in [-0.25, -0.2) is 0 Å². The second-order valence-corrected chi connectivity index (χ2v) is 7.28. The highest BCUT2D eigenvalue weighted by Gasteiger charge is 2.12. The van der Waals surface area contributed by atoms with Crippen LogP contribution in [0.2, 0.25) is 0 Å². The average molecular weight is 447 g/mol. The fourth-order valence-corrected chi connectivity index (χ4v) is 3.22. The maximum Gasteiger partial charge on any atom is 0.269 e. The number of ether oxygens (including phenoxy) is 4. The number of aromatic hydroxyl groups is 1. The zero-order chi connectivity index (χ0) is 22.6. The summed E-state index contributed by atoms with van der Waals surface area (Å²) >= 11 is 0. The van der Waals surface area contributed by atoms with Crippen molar-refractivity contribution in [1.29, 1.82) is 0 Å². The van der Waals surface area contributed by atoms with Gasteiger partial charge in [0.2, 0.25) is 0 Å². The maximum absolute atomic E-state index is 11.1. The first-order chi connectivity index (χ1) is 15.6. The van der Waals surface area contributed by atoms with Crippen LogP contribution in [-0.2, 0) is 38.6 Å². The lowest BCUT2D eigenvalue weighted by Crippen LogP contribution is -2.25. The summed E-state index contributed by atoms with van der Waals surface area (Å²) in [7, 11) is 0. The number of benzene rings is 1. The van der Waals surface area contributed by atoms with E-state index in [4.69, 9.17) is 18.9 Å². The molecule has 1 aliphatic rings. The molecule has 10 heteroatoms. The van der Waals surface area contributed by atoms with Gasteiger partial charge in [0.25, 0.3) is 5.69 Å². The Morgan fingerprint density at radius 3 is 2.09 bits per heavy atom. The molecule has 0 fully saturated rings. The third kappa shape index (κ3) is 8.13. The van der Waals surface area contributed by atoms with E-state index in [1.165, 1.54) is 18.2 Å². The molecular formula is C22H29N3O7. The lowest BCUT2D eigenvalue weighted by molar-refractivity contribution is -0.384. The molecule has 0 radical (unpaired) electrons. The molecule has 3 rings (SSSR count). The van der Waals surface area contributed by atoms with Crippen LogP contribution in [0.3, 0.4) is 0 Å². The fraction of sp³-hybridized carbons (Fsp3) is 0.500. The van der Waals surface area contributed by atoms with E-state index in [1.54, 1.807) is 0 Å². The van der Waals surface area contributed by atoms with Gasteiger partial charge in [-0.15, -0.1) is 0 Å². The van der Waals surface area contributed by atoms with Crippen molar-refractivity contribution in [1.82, 2.24) is 10.3 Å². The molecule has 1 aromatic heterocycles. The number of phenols is 1. The first-order valence-electron chi connectivity index (χ1n) is 10.6. The lowest BCUT2D eigenvalue weighted by atomic mass is 10.0. The van der Waals surface area contributed by atoms with Gasteiger partial charge in [0.1, 0.15) is 5.75 Å². The Hall–Kier alpha value is -2.63. The van der Waals surface area contributed by atoms with Crippen molar-refractivity contribution in [3.8, 4) is 5.75 Å². The Morgan fingerprint density at radius 2 is 1.50 bits per heavy atom. The fourth-order valence-electron chi connectivity index (χ4n) is 3.22. The number of nitro groups is 1. The van der Waals surface area contributed by atoms with E-state index in [9.17, 15) is 15.2 Å². The summed E-state index contributed by atoms with van der Waals surface area (Å²) in [6.07, 6.45) is 0.315. The van der Waals surface area contributed by atoms with Crippen LogP contribution in [-0.4, -0.2) is 67.7 Å². The molecule has 0 aliphatic carbocycles. The molecule has 0 spiro atoms. The highest BCUT2D eigenvalue weighted by Crippen LogP contribution is 2.26. The average Bonchev–Trinajstić information content (AvgIpc) is 2.77. The second-order valence-electron chi connectivity index (χ2n) is 7.28. The molecule has 2 N–H and O–H groups in total. The number of pyridine rings is 1. The van der Waals surface area contributed by atoms with Gasteiger partial charge >= 0.3 is 0 Å². The van der Waals surface area contributed by atoms with Crippen LogP contribution in [0.15, 0.2) is 30.3 Å². The van der Waals surface area contributed by atoms with E-state index in [0.29, 0.717) is 76.2 Å². The van der Waals surface area contributed by atoms with E-state index in [-0.39, 0.29) is 11.4 Å². The molecule has 2 heterocycles. The third-order valence-electron chi connectivity index (χ3n) is 4.75. The van der Waals surface area contributed by atoms with Crippen LogP contribution in [0.5, 0.6) is 5.75 Å². The first kappa shape index (κ1) is 24.0. The van der Waals surface area contributed by atoms with Crippen molar-refractivity contribution in [2.45, 2.75) is 19.6 Å². The Morgan fingerprint density at radius 1 is 0.906 bits per heavy atom. The molecule has 2 bridgehead atoms. The normalized spacial score (nSPS) is 17.2. The van der Waals surface area contributed by atoms with Gasteiger partial charge in [-0.1, -0.05) is 0 Å². The highest BCUT2D eigenvalue weighted by atomic mass is 16.6. The maximum atomic E-state index is 11.1. The van der Waals surface area contributed by atoms with E-state index < -0.39 is 4.92 Å². The monoisotopic (exact) mass is 447 g/mol. The van der Waals surface area contributed by atoms with Crippen LogP contribution in [0.4, 0.5) is 5.69 Å². The SMILES string of the molecule is O=[N+]([O-])c1ccc(O)c(Cc2cc3nc(c2)COCCOCCNCCOCCOC3)c1. The van der Waals surface area contributed by atoms with E-state index in [1.807, 2.05) is 12.1 Å². The Bertz CT molecular complexity index is 844. The van der Waals surface area contributed by atoms with Gasteiger partial charge in [-0.2, -0.15) is 0 Å². The van der Waals surface area contributed by atoms with Gasteiger partial charge in [-0.05, 0) is 23.8 Å². The minimum atomic E-state index is -0.479. The van der Waals surface area contributed by atoms with Gasteiger partial charge in [0.05, 0.1) is 69.2 Å². The van der Waals surface area contributed by atoms with Crippen molar-refractivity contribution in [2.75, 3.05) is 52.7 Å². The molecule has 0 atom stereocenters. The lowest BCUT2D eigenvalue weighted by Gasteiger charge is -2.12. The third-order valence-corrected chi connectivity index (χ3v) is 4.75. The summed E-state index contributed by atoms with van der Waals surface area (Å²) in [6.45, 7) is 5.12. The smallest absolute Gasteiger partial charge is 0.269 e. The van der Waals surface area contributed by atoms with Crippen LogP contribution >= 0.6 is 0 Å². The van der Waals surface area contributed by atoms with Crippen molar-refractivity contribution in [3.05, 3.63) is 63.0 Å². The molecule has 0 amide bonds. The number of nitro benzene ring substituents is 1. The van der Waals surface area contributed by atoms with Crippen LogP contribution in [0.1, 0.15) is 22.5 Å². The number of rotatable bonds is 3. The number of fused-ring (bicyclic) bond motifs is 2. The highest BCUT2D eigenvalue weighted by molar-refractivity contribution is 5.45. The number of nitrogens with one attached hydrogen (secondary N) is 1. The minimum Gasteiger partial charge on any atom is -0.508 e. The molecule has 10 nitrogen and oxygen atoms in total. The van der Waals surface area contributed by atoms with E-state index in [0.717, 1.165) is 18.7 Å². The first-order valence-corrected chi connectivity index (χ1v) is 10.6. The van der Waals surface area contributed by atoms with Crippen LogP contribution < -0.4 is 5.32 Å².